The molecule has 0 radical (unpaired) electrons. The van der Waals surface area contributed by atoms with E-state index in [0.29, 0.717) is 35.6 Å². The first-order valence-corrected chi connectivity index (χ1v) is 11.6. The van der Waals surface area contributed by atoms with Crippen molar-refractivity contribution in [2.75, 3.05) is 41.8 Å². The molecule has 9 heteroatoms. The average molecular weight is 487 g/mol. The Morgan fingerprint density at radius 1 is 0.914 bits per heavy atom. The number of benzene rings is 2. The van der Waals surface area contributed by atoms with Gasteiger partial charge in [-0.15, -0.1) is 0 Å². The smallest absolute Gasteiger partial charge is 0.323 e. The molecule has 8 nitrogen and oxygen atoms in total. The molecule has 4 aromatic rings. The maximum atomic E-state index is 12.6. The lowest BCUT2D eigenvalue weighted by atomic mass is 10.1. The summed E-state index contributed by atoms with van der Waals surface area (Å²) in [6, 6.07) is 18.1. The highest BCUT2D eigenvalue weighted by molar-refractivity contribution is 6.33. The number of pyridine rings is 1. The number of halogens is 1. The minimum absolute atomic E-state index is 0.353. The largest absolute Gasteiger partial charge is 0.378 e. The molecule has 0 bridgehead atoms. The molecule has 1 fully saturated rings. The maximum Gasteiger partial charge on any atom is 0.323 e. The van der Waals surface area contributed by atoms with Crippen LogP contribution in [0, 0.1) is 0 Å². The van der Waals surface area contributed by atoms with Gasteiger partial charge in [-0.3, -0.25) is 4.98 Å². The molecule has 0 aliphatic carbocycles. The zero-order valence-electron chi connectivity index (χ0n) is 18.8. The fourth-order valence-corrected chi connectivity index (χ4v) is 4.02. The molecule has 0 saturated carbocycles. The first-order valence-electron chi connectivity index (χ1n) is 11.2. The molecule has 35 heavy (non-hydrogen) atoms. The van der Waals surface area contributed by atoms with Crippen LogP contribution in [0.3, 0.4) is 0 Å². The Hall–Kier alpha value is -4.01. The highest BCUT2D eigenvalue weighted by Gasteiger charge is 2.14. The topological polar surface area (TPSA) is 92.3 Å². The number of morpholine rings is 1. The lowest BCUT2D eigenvalue weighted by Crippen LogP contribution is -2.37. The van der Waals surface area contributed by atoms with Gasteiger partial charge in [0.05, 0.1) is 18.9 Å². The van der Waals surface area contributed by atoms with Crippen LogP contribution in [0.15, 0.2) is 79.3 Å². The first kappa shape index (κ1) is 22.8. The molecule has 3 heterocycles. The van der Waals surface area contributed by atoms with Gasteiger partial charge in [0.2, 0.25) is 5.95 Å². The average Bonchev–Trinajstić information content (AvgIpc) is 2.91. The molecule has 1 aliphatic heterocycles. The summed E-state index contributed by atoms with van der Waals surface area (Å²) in [7, 11) is 0. The number of carbonyl (C=O) groups is 1. The van der Waals surface area contributed by atoms with Gasteiger partial charge in [0.15, 0.2) is 0 Å². The van der Waals surface area contributed by atoms with Crippen LogP contribution in [0.25, 0.3) is 22.4 Å². The van der Waals surface area contributed by atoms with Gasteiger partial charge in [-0.1, -0.05) is 29.8 Å². The van der Waals surface area contributed by atoms with Gasteiger partial charge in [0.25, 0.3) is 0 Å². The van der Waals surface area contributed by atoms with Crippen molar-refractivity contribution in [2.45, 2.75) is 0 Å². The number of nitrogens with zero attached hydrogens (tertiary/aromatic N) is 4. The van der Waals surface area contributed by atoms with E-state index in [1.54, 1.807) is 30.7 Å². The van der Waals surface area contributed by atoms with Gasteiger partial charge in [-0.25, -0.2) is 14.8 Å². The molecule has 0 spiro atoms. The number of hydrogen-bond donors (Lipinski definition) is 2. The molecule has 2 amide bonds. The number of hydrogen-bond acceptors (Lipinski definition) is 6. The van der Waals surface area contributed by atoms with E-state index in [1.807, 2.05) is 48.5 Å². The molecule has 0 unspecified atom stereocenters. The van der Waals surface area contributed by atoms with Crippen molar-refractivity contribution in [3.8, 4) is 22.4 Å². The predicted molar refractivity (Wildman–Crippen MR) is 138 cm³/mol. The van der Waals surface area contributed by atoms with Crippen molar-refractivity contribution in [2.24, 2.45) is 0 Å². The summed E-state index contributed by atoms with van der Waals surface area (Å²) >= 11 is 6.34. The van der Waals surface area contributed by atoms with Crippen LogP contribution in [0.1, 0.15) is 0 Å². The van der Waals surface area contributed by atoms with E-state index in [4.69, 9.17) is 21.3 Å². The summed E-state index contributed by atoms with van der Waals surface area (Å²) in [6.07, 6.45) is 5.19. The summed E-state index contributed by atoms with van der Waals surface area (Å²) < 4.78 is 5.40. The fourth-order valence-electron chi connectivity index (χ4n) is 3.79. The molecule has 176 valence electrons. The second kappa shape index (κ2) is 10.5. The normalized spacial score (nSPS) is 13.3. The minimum Gasteiger partial charge on any atom is -0.378 e. The Bertz CT molecular complexity index is 1310. The van der Waals surface area contributed by atoms with Crippen molar-refractivity contribution >= 4 is 35.0 Å². The van der Waals surface area contributed by atoms with Crippen LogP contribution < -0.4 is 15.5 Å². The third kappa shape index (κ3) is 5.56. The standard InChI is InChI=1S/C26H23ClN6O2/c27-23-8-7-21(16-22(23)19-2-1-10-28-17-19)31-26(34)30-20-5-3-18(4-6-20)24-9-11-29-25(32-24)33-12-14-35-15-13-33/h1-11,16-17H,12-15H2,(H2,30,31,34). The fraction of sp³-hybridized carbons (Fsp3) is 0.154. The molecule has 2 aromatic carbocycles. The number of urea groups is 1. The quantitative estimate of drug-likeness (QED) is 0.395. The number of anilines is 3. The third-order valence-corrected chi connectivity index (χ3v) is 5.90. The van der Waals surface area contributed by atoms with Crippen LogP contribution in [0.5, 0.6) is 0 Å². The lowest BCUT2D eigenvalue weighted by molar-refractivity contribution is 0.122. The molecule has 2 N–H and O–H groups in total. The molecular weight excluding hydrogens is 464 g/mol. The van der Waals surface area contributed by atoms with E-state index in [1.165, 1.54) is 0 Å². The van der Waals surface area contributed by atoms with Gasteiger partial charge in [0.1, 0.15) is 0 Å². The second-order valence-corrected chi connectivity index (χ2v) is 8.34. The Balaban J connectivity index is 1.24. The van der Waals surface area contributed by atoms with Crippen molar-refractivity contribution in [3.63, 3.8) is 0 Å². The number of rotatable bonds is 5. The van der Waals surface area contributed by atoms with Gasteiger partial charge in [-0.05, 0) is 42.5 Å². The Kier molecular flexibility index (Phi) is 6.83. The van der Waals surface area contributed by atoms with Crippen LogP contribution >= 0.6 is 11.6 Å². The zero-order chi connectivity index (χ0) is 24.0. The molecular formula is C26H23ClN6O2. The van der Waals surface area contributed by atoms with Crippen molar-refractivity contribution in [3.05, 3.63) is 84.3 Å². The van der Waals surface area contributed by atoms with E-state index in [9.17, 15) is 4.79 Å². The van der Waals surface area contributed by atoms with Crippen LogP contribution in [0.4, 0.5) is 22.1 Å². The summed E-state index contributed by atoms with van der Waals surface area (Å²) in [5.41, 5.74) is 4.71. The first-order chi connectivity index (χ1) is 17.2. The maximum absolute atomic E-state index is 12.6. The highest BCUT2D eigenvalue weighted by atomic mass is 35.5. The zero-order valence-corrected chi connectivity index (χ0v) is 19.6. The molecule has 0 atom stereocenters. The Morgan fingerprint density at radius 3 is 2.46 bits per heavy atom. The monoisotopic (exact) mass is 486 g/mol. The number of carbonyl (C=O) groups excluding carboxylic acids is 1. The van der Waals surface area contributed by atoms with E-state index >= 15 is 0 Å². The Morgan fingerprint density at radius 2 is 1.69 bits per heavy atom. The summed E-state index contributed by atoms with van der Waals surface area (Å²) in [5.74, 6) is 0.695. The van der Waals surface area contributed by atoms with Crippen molar-refractivity contribution in [1.82, 2.24) is 15.0 Å². The highest BCUT2D eigenvalue weighted by Crippen LogP contribution is 2.30. The van der Waals surface area contributed by atoms with E-state index in [2.05, 4.69) is 25.5 Å². The summed E-state index contributed by atoms with van der Waals surface area (Å²) in [6.45, 7) is 2.91. The molecule has 2 aromatic heterocycles. The van der Waals surface area contributed by atoms with Crippen LogP contribution in [-0.4, -0.2) is 47.3 Å². The lowest BCUT2D eigenvalue weighted by Gasteiger charge is -2.26. The van der Waals surface area contributed by atoms with Gasteiger partial charge < -0.3 is 20.3 Å². The van der Waals surface area contributed by atoms with E-state index in [-0.39, 0.29) is 6.03 Å². The molecule has 1 saturated heterocycles. The number of amides is 2. The summed E-state index contributed by atoms with van der Waals surface area (Å²) in [4.78, 5) is 27.9. The van der Waals surface area contributed by atoms with Crippen molar-refractivity contribution < 1.29 is 9.53 Å². The summed E-state index contributed by atoms with van der Waals surface area (Å²) in [5, 5.41) is 6.29. The van der Waals surface area contributed by atoms with Gasteiger partial charge in [0, 0.05) is 64.8 Å². The SMILES string of the molecule is O=C(Nc1ccc(-c2ccnc(N3CCOCC3)n2)cc1)Nc1ccc(Cl)c(-c2cccnc2)c1. The number of aromatic nitrogens is 3. The van der Waals surface area contributed by atoms with Crippen molar-refractivity contribution in [1.29, 1.82) is 0 Å². The Labute approximate surface area is 208 Å². The third-order valence-electron chi connectivity index (χ3n) is 5.57. The molecule has 5 rings (SSSR count). The van der Waals surface area contributed by atoms with Gasteiger partial charge in [-0.2, -0.15) is 0 Å². The number of ether oxygens (including phenoxy) is 1. The predicted octanol–water partition coefficient (Wildman–Crippen LogP) is 5.34. The van der Waals surface area contributed by atoms with Crippen LogP contribution in [0.2, 0.25) is 5.02 Å². The number of nitrogens with one attached hydrogen (secondary N) is 2. The van der Waals surface area contributed by atoms with Crippen LogP contribution in [-0.2, 0) is 4.74 Å². The van der Waals surface area contributed by atoms with E-state index < -0.39 is 0 Å². The van der Waals surface area contributed by atoms with Gasteiger partial charge >= 0.3 is 6.03 Å². The molecule has 1 aliphatic rings. The minimum atomic E-state index is -0.353. The van der Waals surface area contributed by atoms with E-state index in [0.717, 1.165) is 35.5 Å². The second-order valence-electron chi connectivity index (χ2n) is 7.93.